The van der Waals surface area contributed by atoms with Gasteiger partial charge in [0, 0.05) is 25.6 Å². The number of aromatic nitrogens is 3. The summed E-state index contributed by atoms with van der Waals surface area (Å²) in [6.07, 6.45) is 6.26. The molecular formula is C13H23N5. The van der Waals surface area contributed by atoms with Gasteiger partial charge in [-0.25, -0.2) is 0 Å². The second kappa shape index (κ2) is 4.97. The highest BCUT2D eigenvalue weighted by Gasteiger charge is 2.33. The average Bonchev–Trinajstić information content (AvgIpc) is 3.13. The molecule has 1 saturated carbocycles. The third-order valence-corrected chi connectivity index (χ3v) is 4.30. The Labute approximate surface area is 108 Å². The van der Waals surface area contributed by atoms with Crippen molar-refractivity contribution in [3.05, 3.63) is 11.6 Å². The lowest BCUT2D eigenvalue weighted by Crippen LogP contribution is -2.39. The predicted octanol–water partition coefficient (Wildman–Crippen LogP) is 0.783. The fraction of sp³-hybridized carbons (Fsp3) is 0.846. The molecule has 0 aromatic carbocycles. The Balaban J connectivity index is 1.69. The van der Waals surface area contributed by atoms with E-state index in [9.17, 15) is 0 Å². The number of hydrogen-bond acceptors (Lipinski definition) is 4. The van der Waals surface area contributed by atoms with Gasteiger partial charge in [0.1, 0.15) is 11.6 Å². The standard InChI is InChI=1S/C13H23N5/c1-17(11(8-14)10-5-6-10)9-13-16-15-12-4-2-3-7-18(12)13/h10-11H,2-9,14H2,1H3. The van der Waals surface area contributed by atoms with Crippen LogP contribution in [0, 0.1) is 5.92 Å². The Morgan fingerprint density at radius 3 is 2.94 bits per heavy atom. The molecule has 1 atom stereocenters. The summed E-state index contributed by atoms with van der Waals surface area (Å²) in [5.74, 6) is 3.09. The summed E-state index contributed by atoms with van der Waals surface area (Å²) in [7, 11) is 2.17. The summed E-state index contributed by atoms with van der Waals surface area (Å²) in [5.41, 5.74) is 5.90. The van der Waals surface area contributed by atoms with E-state index in [1.165, 1.54) is 31.5 Å². The minimum absolute atomic E-state index is 0.515. The van der Waals surface area contributed by atoms with Crippen LogP contribution in [-0.2, 0) is 19.5 Å². The average molecular weight is 249 g/mol. The molecule has 0 spiro atoms. The van der Waals surface area contributed by atoms with E-state index in [1.54, 1.807) is 0 Å². The second-order valence-corrected chi connectivity index (χ2v) is 5.70. The largest absolute Gasteiger partial charge is 0.329 e. The molecule has 1 aromatic heterocycles. The lowest BCUT2D eigenvalue weighted by Gasteiger charge is -2.27. The van der Waals surface area contributed by atoms with Gasteiger partial charge in [0.25, 0.3) is 0 Å². The highest BCUT2D eigenvalue weighted by Crippen LogP contribution is 2.34. The Bertz CT molecular complexity index is 410. The van der Waals surface area contributed by atoms with Crippen LogP contribution in [0.2, 0.25) is 0 Å². The smallest absolute Gasteiger partial charge is 0.147 e. The molecule has 2 aliphatic rings. The number of likely N-dealkylation sites (N-methyl/N-ethyl adjacent to an activating group) is 1. The van der Waals surface area contributed by atoms with Crippen molar-refractivity contribution in [3.8, 4) is 0 Å². The van der Waals surface area contributed by atoms with Gasteiger partial charge in [0.05, 0.1) is 6.54 Å². The van der Waals surface area contributed by atoms with Crippen molar-refractivity contribution in [1.29, 1.82) is 0 Å². The molecule has 1 aliphatic heterocycles. The number of nitrogens with two attached hydrogens (primary N) is 1. The number of nitrogens with zero attached hydrogens (tertiary/aromatic N) is 4. The van der Waals surface area contributed by atoms with E-state index < -0.39 is 0 Å². The highest BCUT2D eigenvalue weighted by atomic mass is 15.3. The summed E-state index contributed by atoms with van der Waals surface area (Å²) in [6.45, 7) is 2.72. The Hall–Kier alpha value is -0.940. The van der Waals surface area contributed by atoms with E-state index >= 15 is 0 Å². The Kier molecular flexibility index (Phi) is 3.35. The molecule has 1 unspecified atom stereocenters. The van der Waals surface area contributed by atoms with Crippen molar-refractivity contribution in [1.82, 2.24) is 19.7 Å². The van der Waals surface area contributed by atoms with Crippen LogP contribution in [0.5, 0.6) is 0 Å². The van der Waals surface area contributed by atoms with Crippen LogP contribution >= 0.6 is 0 Å². The van der Waals surface area contributed by atoms with Crippen LogP contribution in [-0.4, -0.2) is 39.3 Å². The van der Waals surface area contributed by atoms with E-state index in [4.69, 9.17) is 5.73 Å². The summed E-state index contributed by atoms with van der Waals surface area (Å²) in [5, 5.41) is 8.68. The molecule has 18 heavy (non-hydrogen) atoms. The van der Waals surface area contributed by atoms with Gasteiger partial charge in [0.15, 0.2) is 0 Å². The van der Waals surface area contributed by atoms with Gasteiger partial charge in [-0.15, -0.1) is 10.2 Å². The van der Waals surface area contributed by atoms with E-state index in [0.29, 0.717) is 6.04 Å². The predicted molar refractivity (Wildman–Crippen MR) is 70.0 cm³/mol. The van der Waals surface area contributed by atoms with E-state index in [2.05, 4.69) is 26.7 Å². The van der Waals surface area contributed by atoms with Crippen LogP contribution in [0.1, 0.15) is 37.3 Å². The molecule has 2 N–H and O–H groups in total. The van der Waals surface area contributed by atoms with Crippen molar-refractivity contribution in [2.45, 2.75) is 51.2 Å². The molecule has 3 rings (SSSR count). The molecular weight excluding hydrogens is 226 g/mol. The molecule has 0 amide bonds. The molecule has 1 fully saturated rings. The van der Waals surface area contributed by atoms with Gasteiger partial charge >= 0.3 is 0 Å². The lowest BCUT2D eigenvalue weighted by atomic mass is 10.1. The maximum absolute atomic E-state index is 5.90. The van der Waals surface area contributed by atoms with Crippen LogP contribution in [0.3, 0.4) is 0 Å². The molecule has 2 heterocycles. The molecule has 0 bridgehead atoms. The van der Waals surface area contributed by atoms with Crippen molar-refractivity contribution >= 4 is 0 Å². The van der Waals surface area contributed by atoms with Crippen molar-refractivity contribution < 1.29 is 0 Å². The van der Waals surface area contributed by atoms with Crippen LogP contribution < -0.4 is 5.73 Å². The molecule has 0 saturated heterocycles. The van der Waals surface area contributed by atoms with Gasteiger partial charge in [-0.1, -0.05) is 0 Å². The Morgan fingerprint density at radius 1 is 1.39 bits per heavy atom. The zero-order chi connectivity index (χ0) is 12.5. The fourth-order valence-corrected chi connectivity index (χ4v) is 3.04. The molecule has 1 aliphatic carbocycles. The minimum Gasteiger partial charge on any atom is -0.329 e. The first-order valence-electron chi connectivity index (χ1n) is 7.11. The quantitative estimate of drug-likeness (QED) is 0.838. The monoisotopic (exact) mass is 249 g/mol. The number of rotatable bonds is 5. The zero-order valence-corrected chi connectivity index (χ0v) is 11.2. The van der Waals surface area contributed by atoms with Crippen LogP contribution in [0.15, 0.2) is 0 Å². The fourth-order valence-electron chi connectivity index (χ4n) is 3.04. The van der Waals surface area contributed by atoms with Gasteiger partial charge in [-0.3, -0.25) is 4.90 Å². The zero-order valence-electron chi connectivity index (χ0n) is 11.2. The third kappa shape index (κ3) is 2.29. The van der Waals surface area contributed by atoms with Gasteiger partial charge in [-0.2, -0.15) is 0 Å². The topological polar surface area (TPSA) is 60.0 Å². The van der Waals surface area contributed by atoms with Gasteiger partial charge in [-0.05, 0) is 38.6 Å². The van der Waals surface area contributed by atoms with E-state index in [-0.39, 0.29) is 0 Å². The van der Waals surface area contributed by atoms with E-state index in [1.807, 2.05) is 0 Å². The molecule has 1 aromatic rings. The summed E-state index contributed by atoms with van der Waals surface area (Å²) in [6, 6.07) is 0.515. The summed E-state index contributed by atoms with van der Waals surface area (Å²) in [4.78, 5) is 2.36. The van der Waals surface area contributed by atoms with E-state index in [0.717, 1.165) is 37.8 Å². The normalized spacial score (nSPS) is 21.1. The highest BCUT2D eigenvalue weighted by molar-refractivity contribution is 5.00. The number of fused-ring (bicyclic) bond motifs is 1. The maximum atomic E-state index is 5.90. The summed E-state index contributed by atoms with van der Waals surface area (Å²) >= 11 is 0. The Morgan fingerprint density at radius 2 is 2.22 bits per heavy atom. The minimum atomic E-state index is 0.515. The van der Waals surface area contributed by atoms with Gasteiger partial charge < -0.3 is 10.3 Å². The maximum Gasteiger partial charge on any atom is 0.147 e. The van der Waals surface area contributed by atoms with Crippen LogP contribution in [0.4, 0.5) is 0 Å². The number of hydrogen-bond donors (Lipinski definition) is 1. The third-order valence-electron chi connectivity index (χ3n) is 4.30. The lowest BCUT2D eigenvalue weighted by molar-refractivity contribution is 0.207. The molecule has 5 heteroatoms. The van der Waals surface area contributed by atoms with Crippen molar-refractivity contribution in [3.63, 3.8) is 0 Å². The second-order valence-electron chi connectivity index (χ2n) is 5.70. The molecule has 100 valence electrons. The SMILES string of the molecule is CN(Cc1nnc2n1CCCC2)C(CN)C1CC1. The molecule has 0 radical (unpaired) electrons. The summed E-state index contributed by atoms with van der Waals surface area (Å²) < 4.78 is 2.31. The van der Waals surface area contributed by atoms with Gasteiger partial charge in [0.2, 0.25) is 0 Å². The van der Waals surface area contributed by atoms with Crippen LogP contribution in [0.25, 0.3) is 0 Å². The van der Waals surface area contributed by atoms with Crippen molar-refractivity contribution in [2.75, 3.05) is 13.6 Å². The first-order chi connectivity index (χ1) is 8.79. The van der Waals surface area contributed by atoms with Crippen molar-refractivity contribution in [2.24, 2.45) is 11.7 Å². The molecule has 5 nitrogen and oxygen atoms in total. The number of aryl methyl sites for hydroxylation is 1. The first-order valence-corrected chi connectivity index (χ1v) is 7.11. The first kappa shape index (κ1) is 12.1.